The third-order valence-electron chi connectivity index (χ3n) is 2.02. The highest BCUT2D eigenvalue weighted by Gasteiger charge is 2.31. The molecule has 1 rings (SSSR count). The van der Waals surface area contributed by atoms with Gasteiger partial charge in [-0.05, 0) is 6.42 Å². The fraction of sp³-hybridized carbons (Fsp3) is 0.556. The third-order valence-corrected chi connectivity index (χ3v) is 2.02. The van der Waals surface area contributed by atoms with Crippen molar-refractivity contribution in [3.63, 3.8) is 0 Å². The molecule has 1 unspecified atom stereocenters. The Bertz CT molecular complexity index is 267. The van der Waals surface area contributed by atoms with Crippen molar-refractivity contribution in [1.82, 2.24) is 10.2 Å². The van der Waals surface area contributed by atoms with Gasteiger partial charge in [-0.2, -0.15) is 0 Å². The van der Waals surface area contributed by atoms with Crippen LogP contribution in [-0.2, 0) is 9.59 Å². The lowest BCUT2D eigenvalue weighted by atomic mass is 10.1. The summed E-state index contributed by atoms with van der Waals surface area (Å²) in [6.45, 7) is 2.17. The van der Waals surface area contributed by atoms with Gasteiger partial charge in [0.1, 0.15) is 0 Å². The van der Waals surface area contributed by atoms with Gasteiger partial charge in [0, 0.05) is 0 Å². The zero-order valence-corrected chi connectivity index (χ0v) is 7.54. The van der Waals surface area contributed by atoms with Crippen LogP contribution in [0.2, 0.25) is 0 Å². The van der Waals surface area contributed by atoms with Gasteiger partial charge in [-0.3, -0.25) is 19.8 Å². The summed E-state index contributed by atoms with van der Waals surface area (Å²) in [7, 11) is 0. The monoisotopic (exact) mass is 180 g/mol. The Hall–Kier alpha value is -1.34. The Balaban J connectivity index is 2.73. The highest BCUT2D eigenvalue weighted by molar-refractivity contribution is 6.01. The molecule has 0 spiro atoms. The molecule has 0 saturated carbocycles. The first-order valence-corrected chi connectivity index (χ1v) is 4.21. The van der Waals surface area contributed by atoms with E-state index in [1.54, 1.807) is 0 Å². The zero-order valence-electron chi connectivity index (χ0n) is 7.54. The number of carbonyl (C=O) groups is 2. The molecule has 0 bridgehead atoms. The van der Waals surface area contributed by atoms with Crippen molar-refractivity contribution in [3.8, 4) is 12.3 Å². The number of carbonyl (C=O) groups excluding carboxylic acids is 2. The number of piperazine rings is 1. The average Bonchev–Trinajstić information content (AvgIpc) is 2.12. The maximum Gasteiger partial charge on any atom is 0.247 e. The Morgan fingerprint density at radius 1 is 1.69 bits per heavy atom. The standard InChI is InChI=1S/C9H12N2O2/c1-3-5-11-8(12)6-10-7(4-2)9(11)13/h1,7,10H,4-6H2,2H3. The van der Waals surface area contributed by atoms with E-state index < -0.39 is 0 Å². The van der Waals surface area contributed by atoms with Crippen LogP contribution >= 0.6 is 0 Å². The Morgan fingerprint density at radius 3 is 2.92 bits per heavy atom. The first-order valence-electron chi connectivity index (χ1n) is 4.21. The summed E-state index contributed by atoms with van der Waals surface area (Å²) in [6.07, 6.45) is 5.73. The van der Waals surface area contributed by atoms with Crippen molar-refractivity contribution in [2.75, 3.05) is 13.1 Å². The van der Waals surface area contributed by atoms with Gasteiger partial charge in [0.05, 0.1) is 19.1 Å². The van der Waals surface area contributed by atoms with E-state index in [9.17, 15) is 9.59 Å². The molecule has 2 amide bonds. The van der Waals surface area contributed by atoms with Crippen LogP contribution < -0.4 is 5.32 Å². The van der Waals surface area contributed by atoms with Gasteiger partial charge < -0.3 is 0 Å². The third kappa shape index (κ3) is 1.87. The molecule has 0 aromatic rings. The van der Waals surface area contributed by atoms with Crippen molar-refractivity contribution in [3.05, 3.63) is 0 Å². The molecule has 0 aromatic heterocycles. The van der Waals surface area contributed by atoms with Crippen LogP contribution in [0.5, 0.6) is 0 Å². The second-order valence-electron chi connectivity index (χ2n) is 2.86. The minimum atomic E-state index is -0.258. The number of rotatable bonds is 2. The lowest BCUT2D eigenvalue weighted by Gasteiger charge is -2.29. The molecule has 0 aliphatic carbocycles. The lowest BCUT2D eigenvalue weighted by Crippen LogP contribution is -2.57. The molecule has 0 aromatic carbocycles. The second kappa shape index (κ2) is 4.06. The van der Waals surface area contributed by atoms with Crippen LogP contribution in [0.1, 0.15) is 13.3 Å². The van der Waals surface area contributed by atoms with Crippen LogP contribution in [0, 0.1) is 12.3 Å². The quantitative estimate of drug-likeness (QED) is 0.454. The normalized spacial score (nSPS) is 23.1. The molecule has 13 heavy (non-hydrogen) atoms. The van der Waals surface area contributed by atoms with Crippen molar-refractivity contribution < 1.29 is 9.59 Å². The van der Waals surface area contributed by atoms with Gasteiger partial charge in [0.2, 0.25) is 11.8 Å². The summed E-state index contributed by atoms with van der Waals surface area (Å²) in [5.41, 5.74) is 0. The Morgan fingerprint density at radius 2 is 2.38 bits per heavy atom. The predicted octanol–water partition coefficient (Wildman–Crippen LogP) is -0.643. The van der Waals surface area contributed by atoms with Gasteiger partial charge >= 0.3 is 0 Å². The van der Waals surface area contributed by atoms with Gasteiger partial charge in [-0.15, -0.1) is 6.42 Å². The van der Waals surface area contributed by atoms with Crippen LogP contribution in [-0.4, -0.2) is 35.8 Å². The zero-order chi connectivity index (χ0) is 9.84. The van der Waals surface area contributed by atoms with E-state index >= 15 is 0 Å². The van der Waals surface area contributed by atoms with E-state index in [4.69, 9.17) is 6.42 Å². The first kappa shape index (κ1) is 9.75. The average molecular weight is 180 g/mol. The first-order chi connectivity index (χ1) is 6.20. The molecule has 1 aliphatic rings. The van der Waals surface area contributed by atoms with E-state index in [0.717, 1.165) is 4.90 Å². The molecule has 4 nitrogen and oxygen atoms in total. The summed E-state index contributed by atoms with van der Waals surface area (Å²) in [5.74, 6) is 1.85. The summed E-state index contributed by atoms with van der Waals surface area (Å²) in [5, 5.41) is 2.85. The SMILES string of the molecule is C#CCN1C(=O)CNC(CC)C1=O. The van der Waals surface area contributed by atoms with Crippen LogP contribution in [0.4, 0.5) is 0 Å². The molecule has 1 atom stereocenters. The number of nitrogens with zero attached hydrogens (tertiary/aromatic N) is 1. The maximum atomic E-state index is 11.5. The highest BCUT2D eigenvalue weighted by Crippen LogP contribution is 2.04. The summed E-state index contributed by atoms with van der Waals surface area (Å²) in [6, 6.07) is -0.258. The highest BCUT2D eigenvalue weighted by atomic mass is 16.2. The van der Waals surface area contributed by atoms with Crippen molar-refractivity contribution in [2.24, 2.45) is 0 Å². The predicted molar refractivity (Wildman–Crippen MR) is 47.6 cm³/mol. The van der Waals surface area contributed by atoms with Crippen LogP contribution in [0.25, 0.3) is 0 Å². The van der Waals surface area contributed by atoms with E-state index in [2.05, 4.69) is 11.2 Å². The van der Waals surface area contributed by atoms with Crippen LogP contribution in [0.3, 0.4) is 0 Å². The van der Waals surface area contributed by atoms with E-state index in [0.29, 0.717) is 6.42 Å². The Kier molecular flexibility index (Phi) is 3.04. The minimum absolute atomic E-state index is 0.0792. The van der Waals surface area contributed by atoms with Crippen molar-refractivity contribution in [2.45, 2.75) is 19.4 Å². The molecule has 1 heterocycles. The number of hydrogen-bond donors (Lipinski definition) is 1. The van der Waals surface area contributed by atoms with E-state index in [1.165, 1.54) is 0 Å². The van der Waals surface area contributed by atoms with E-state index in [1.807, 2.05) is 6.92 Å². The van der Waals surface area contributed by atoms with Crippen LogP contribution in [0.15, 0.2) is 0 Å². The molecule has 0 radical (unpaired) electrons. The van der Waals surface area contributed by atoms with Crippen molar-refractivity contribution in [1.29, 1.82) is 0 Å². The maximum absolute atomic E-state index is 11.5. The molecule has 1 N–H and O–H groups in total. The van der Waals surface area contributed by atoms with E-state index in [-0.39, 0.29) is 30.9 Å². The molecular weight excluding hydrogens is 168 g/mol. The molecule has 70 valence electrons. The summed E-state index contributed by atoms with van der Waals surface area (Å²) < 4.78 is 0. The second-order valence-corrected chi connectivity index (χ2v) is 2.86. The lowest BCUT2D eigenvalue weighted by molar-refractivity contribution is -0.148. The molecular formula is C9H12N2O2. The molecule has 1 aliphatic heterocycles. The Labute approximate surface area is 77.3 Å². The molecule has 1 fully saturated rings. The van der Waals surface area contributed by atoms with Gasteiger partial charge in [-0.1, -0.05) is 12.8 Å². The smallest absolute Gasteiger partial charge is 0.247 e. The topological polar surface area (TPSA) is 49.4 Å². The van der Waals surface area contributed by atoms with Gasteiger partial charge in [0.15, 0.2) is 0 Å². The minimum Gasteiger partial charge on any atom is -0.297 e. The largest absolute Gasteiger partial charge is 0.297 e. The number of terminal acetylenes is 1. The number of amides is 2. The van der Waals surface area contributed by atoms with Gasteiger partial charge in [-0.25, -0.2) is 0 Å². The van der Waals surface area contributed by atoms with Crippen molar-refractivity contribution >= 4 is 11.8 Å². The van der Waals surface area contributed by atoms with Gasteiger partial charge in [0.25, 0.3) is 0 Å². The number of imide groups is 1. The summed E-state index contributed by atoms with van der Waals surface area (Å²) >= 11 is 0. The molecule has 4 heteroatoms. The summed E-state index contributed by atoms with van der Waals surface area (Å²) in [4.78, 5) is 23.8. The molecule has 1 saturated heterocycles. The fourth-order valence-corrected chi connectivity index (χ4v) is 1.28. The number of hydrogen-bond acceptors (Lipinski definition) is 3. The fourth-order valence-electron chi connectivity index (χ4n) is 1.28. The number of nitrogens with one attached hydrogen (secondary N) is 1.